The molecule has 3 nitrogen and oxygen atoms in total. The van der Waals surface area contributed by atoms with E-state index in [1.54, 1.807) is 6.34 Å². The summed E-state index contributed by atoms with van der Waals surface area (Å²) < 4.78 is 0. The molecule has 1 aliphatic rings. The molecule has 29 heavy (non-hydrogen) atoms. The fraction of sp³-hybridized carbons (Fsp3) is 0.200. The number of rotatable bonds is 3. The second kappa shape index (κ2) is 7.49. The maximum Gasteiger partial charge on any atom is 0.205 e. The summed E-state index contributed by atoms with van der Waals surface area (Å²) in [5.41, 5.74) is 7.04. The Balaban J connectivity index is 1.97. The smallest absolute Gasteiger partial charge is 0.205 e. The first kappa shape index (κ1) is 19.4. The van der Waals surface area contributed by atoms with E-state index in [2.05, 4.69) is 69.4 Å². The minimum Gasteiger partial charge on any atom is -0.331 e. The molecule has 0 saturated carbocycles. The zero-order valence-electron chi connectivity index (χ0n) is 17.1. The number of hydrogen-bond donors (Lipinski definition) is 1. The first-order valence-electron chi connectivity index (χ1n) is 9.70. The molecule has 1 unspecified atom stereocenters. The van der Waals surface area contributed by atoms with Gasteiger partial charge in [-0.15, -0.1) is 0 Å². The van der Waals surface area contributed by atoms with Crippen LogP contribution in [-0.2, 0) is 5.66 Å². The summed E-state index contributed by atoms with van der Waals surface area (Å²) >= 11 is 6.17. The van der Waals surface area contributed by atoms with Crippen LogP contribution in [0.15, 0.2) is 70.6 Å². The number of halogens is 1. The van der Waals surface area contributed by atoms with Gasteiger partial charge in [0, 0.05) is 21.7 Å². The molecule has 0 spiro atoms. The number of amidine groups is 1. The van der Waals surface area contributed by atoms with Crippen LogP contribution in [0.4, 0.5) is 0 Å². The first-order chi connectivity index (χ1) is 13.9. The zero-order valence-corrected chi connectivity index (χ0v) is 17.9. The fourth-order valence-electron chi connectivity index (χ4n) is 3.94. The topological polar surface area (TPSA) is 36.8 Å². The second-order valence-electron chi connectivity index (χ2n) is 7.68. The Kier molecular flexibility index (Phi) is 5.01. The van der Waals surface area contributed by atoms with Gasteiger partial charge in [-0.2, -0.15) is 0 Å². The van der Waals surface area contributed by atoms with Crippen molar-refractivity contribution >= 4 is 23.8 Å². The number of nitrogens with one attached hydrogen (secondary N) is 1. The molecule has 0 aliphatic carbocycles. The highest BCUT2D eigenvalue weighted by atomic mass is 35.5. The number of nitrogens with zero attached hydrogens (tertiary/aromatic N) is 2. The molecule has 4 heteroatoms. The maximum atomic E-state index is 6.17. The summed E-state index contributed by atoms with van der Waals surface area (Å²) in [4.78, 5) is 10.1. The normalized spacial score (nSPS) is 18.3. The van der Waals surface area contributed by atoms with Gasteiger partial charge in [-0.25, -0.2) is 9.98 Å². The van der Waals surface area contributed by atoms with Crippen LogP contribution in [0.2, 0.25) is 5.02 Å². The molecule has 0 aromatic heterocycles. The minimum absolute atomic E-state index is 0.695. The van der Waals surface area contributed by atoms with E-state index < -0.39 is 5.66 Å². The van der Waals surface area contributed by atoms with Crippen LogP contribution in [-0.4, -0.2) is 12.2 Å². The number of aryl methyl sites for hydroxylation is 4. The summed E-state index contributed by atoms with van der Waals surface area (Å²) in [7, 11) is 0. The van der Waals surface area contributed by atoms with Crippen molar-refractivity contribution in [3.63, 3.8) is 0 Å². The number of hydrogen-bond acceptors (Lipinski definition) is 3. The molecule has 0 saturated heterocycles. The van der Waals surface area contributed by atoms with Gasteiger partial charge in [0.05, 0.1) is 6.34 Å². The van der Waals surface area contributed by atoms with Crippen LogP contribution in [0, 0.1) is 27.7 Å². The summed E-state index contributed by atoms with van der Waals surface area (Å²) in [5, 5.41) is 3.96. The monoisotopic (exact) mass is 401 g/mol. The third-order valence-electron chi connectivity index (χ3n) is 5.37. The predicted molar refractivity (Wildman–Crippen MR) is 122 cm³/mol. The van der Waals surface area contributed by atoms with E-state index in [1.807, 2.05) is 24.3 Å². The lowest BCUT2D eigenvalue weighted by atomic mass is 9.87. The largest absolute Gasteiger partial charge is 0.331 e. The molecule has 1 aliphatic heterocycles. The summed E-state index contributed by atoms with van der Waals surface area (Å²) in [6.07, 6.45) is 1.76. The third-order valence-corrected chi connectivity index (χ3v) is 5.62. The van der Waals surface area contributed by atoms with Crippen LogP contribution in [0.25, 0.3) is 0 Å². The molecule has 4 rings (SSSR count). The highest BCUT2D eigenvalue weighted by Gasteiger charge is 2.37. The van der Waals surface area contributed by atoms with Crippen molar-refractivity contribution in [3.8, 4) is 0 Å². The van der Waals surface area contributed by atoms with Crippen molar-refractivity contribution in [2.75, 3.05) is 0 Å². The Bertz CT molecular complexity index is 1130. The third kappa shape index (κ3) is 3.58. The Morgan fingerprint density at radius 1 is 0.793 bits per heavy atom. The zero-order chi connectivity index (χ0) is 20.6. The van der Waals surface area contributed by atoms with Crippen molar-refractivity contribution in [2.24, 2.45) is 9.98 Å². The first-order valence-corrected chi connectivity index (χ1v) is 10.1. The minimum atomic E-state index is -0.861. The fourth-order valence-corrected chi connectivity index (χ4v) is 4.06. The van der Waals surface area contributed by atoms with E-state index in [4.69, 9.17) is 21.6 Å². The Hall–Kier alpha value is -2.91. The lowest BCUT2D eigenvalue weighted by Crippen LogP contribution is -2.37. The second-order valence-corrected chi connectivity index (χ2v) is 8.12. The van der Waals surface area contributed by atoms with Crippen molar-refractivity contribution in [1.29, 1.82) is 0 Å². The van der Waals surface area contributed by atoms with E-state index in [1.165, 1.54) is 16.7 Å². The lowest BCUT2D eigenvalue weighted by Gasteiger charge is -2.32. The molecule has 0 bridgehead atoms. The summed E-state index contributed by atoms with van der Waals surface area (Å²) in [6, 6.07) is 20.6. The molecule has 1 atom stereocenters. The van der Waals surface area contributed by atoms with E-state index in [0.717, 1.165) is 28.1 Å². The molecule has 146 valence electrons. The molecule has 0 radical (unpaired) electrons. The van der Waals surface area contributed by atoms with Crippen LogP contribution in [0.5, 0.6) is 0 Å². The Labute approximate surface area is 177 Å². The van der Waals surface area contributed by atoms with Crippen LogP contribution >= 0.6 is 11.6 Å². The molecule has 3 aromatic carbocycles. The average molecular weight is 402 g/mol. The molecule has 0 amide bonds. The summed E-state index contributed by atoms with van der Waals surface area (Å²) in [6.45, 7) is 8.42. The molecular weight excluding hydrogens is 378 g/mol. The van der Waals surface area contributed by atoms with E-state index >= 15 is 0 Å². The van der Waals surface area contributed by atoms with Gasteiger partial charge < -0.3 is 5.32 Å². The van der Waals surface area contributed by atoms with Crippen molar-refractivity contribution in [1.82, 2.24) is 5.32 Å². The molecule has 3 aromatic rings. The number of benzene rings is 3. The van der Waals surface area contributed by atoms with Gasteiger partial charge in [-0.1, -0.05) is 71.3 Å². The SMILES string of the molecule is Cc1ccc(C2=NC(c3ccc(Cl)cc3)(c3ccc(C)cc3C)N=CN2)c(C)c1. The lowest BCUT2D eigenvalue weighted by molar-refractivity contribution is 0.563. The Morgan fingerprint density at radius 3 is 2.10 bits per heavy atom. The van der Waals surface area contributed by atoms with Gasteiger partial charge in [0.15, 0.2) is 0 Å². The highest BCUT2D eigenvalue weighted by Crippen LogP contribution is 2.39. The van der Waals surface area contributed by atoms with Gasteiger partial charge in [0.2, 0.25) is 5.66 Å². The standard InChI is InChI=1S/C25H24ClN3/c1-16-5-11-22(18(3)13-16)24-27-15-28-25(29-24,20-7-9-21(26)10-8-20)23-12-6-17(2)14-19(23)4/h5-15H,1-4H3,(H,27,28,29). The van der Waals surface area contributed by atoms with E-state index in [9.17, 15) is 0 Å². The van der Waals surface area contributed by atoms with Crippen LogP contribution in [0.3, 0.4) is 0 Å². The quantitative estimate of drug-likeness (QED) is 0.586. The van der Waals surface area contributed by atoms with Gasteiger partial charge in [0.1, 0.15) is 5.84 Å². The maximum absolute atomic E-state index is 6.17. The van der Waals surface area contributed by atoms with Crippen LogP contribution in [0.1, 0.15) is 38.9 Å². The molecule has 0 fully saturated rings. The van der Waals surface area contributed by atoms with Gasteiger partial charge >= 0.3 is 0 Å². The van der Waals surface area contributed by atoms with Gasteiger partial charge in [-0.05, 0) is 51.0 Å². The van der Waals surface area contributed by atoms with Crippen molar-refractivity contribution < 1.29 is 0 Å². The van der Waals surface area contributed by atoms with E-state index in [0.29, 0.717) is 5.02 Å². The average Bonchev–Trinajstić information content (AvgIpc) is 2.68. The van der Waals surface area contributed by atoms with Crippen molar-refractivity contribution in [2.45, 2.75) is 33.4 Å². The summed E-state index contributed by atoms with van der Waals surface area (Å²) in [5.74, 6) is 0.812. The predicted octanol–water partition coefficient (Wildman–Crippen LogP) is 5.85. The molecular formula is C25H24ClN3. The highest BCUT2D eigenvalue weighted by molar-refractivity contribution is 6.30. The van der Waals surface area contributed by atoms with Gasteiger partial charge in [-0.3, -0.25) is 0 Å². The Morgan fingerprint density at radius 2 is 1.45 bits per heavy atom. The van der Waals surface area contributed by atoms with Gasteiger partial charge in [0.25, 0.3) is 0 Å². The van der Waals surface area contributed by atoms with Crippen molar-refractivity contribution in [3.05, 3.63) is 105 Å². The number of aliphatic imine (C=N–C) groups is 2. The molecule has 1 N–H and O–H groups in total. The van der Waals surface area contributed by atoms with Crippen LogP contribution < -0.4 is 5.32 Å². The molecule has 1 heterocycles. The van der Waals surface area contributed by atoms with E-state index in [-0.39, 0.29) is 0 Å².